The number of benzene rings is 1. The third kappa shape index (κ3) is 3.47. The van der Waals surface area contributed by atoms with Crippen LogP contribution in [0.2, 0.25) is 0 Å². The Bertz CT molecular complexity index is 379. The molecule has 0 fully saturated rings. The quantitative estimate of drug-likeness (QED) is 0.788. The van der Waals surface area contributed by atoms with Gasteiger partial charge in [-0.1, -0.05) is 6.07 Å². The number of fused-ring (bicyclic) bond motifs is 1. The monoisotopic (exact) mass is 249 g/mol. The molecule has 1 aliphatic carbocycles. The van der Waals surface area contributed by atoms with Crippen molar-refractivity contribution in [3.05, 3.63) is 29.3 Å². The third-order valence-corrected chi connectivity index (χ3v) is 3.38. The van der Waals surface area contributed by atoms with Crippen LogP contribution in [0.3, 0.4) is 0 Å². The molecule has 2 rings (SSSR count). The van der Waals surface area contributed by atoms with E-state index in [4.69, 9.17) is 15.2 Å². The number of rotatable bonds is 6. The van der Waals surface area contributed by atoms with Crippen LogP contribution in [0, 0.1) is 0 Å². The van der Waals surface area contributed by atoms with Gasteiger partial charge in [0.15, 0.2) is 0 Å². The van der Waals surface area contributed by atoms with Crippen molar-refractivity contribution < 1.29 is 9.47 Å². The zero-order valence-electron chi connectivity index (χ0n) is 11.2. The van der Waals surface area contributed by atoms with Crippen LogP contribution in [0.15, 0.2) is 18.2 Å². The maximum atomic E-state index is 6.09. The predicted molar refractivity (Wildman–Crippen MR) is 72.9 cm³/mol. The molecule has 0 aliphatic heterocycles. The number of hydrogen-bond acceptors (Lipinski definition) is 3. The van der Waals surface area contributed by atoms with E-state index in [9.17, 15) is 0 Å². The molecule has 2 N–H and O–H groups in total. The predicted octanol–water partition coefficient (Wildman–Crippen LogP) is 2.83. The highest BCUT2D eigenvalue weighted by Gasteiger charge is 2.16. The molecule has 3 nitrogen and oxygen atoms in total. The first-order valence-electron chi connectivity index (χ1n) is 6.90. The van der Waals surface area contributed by atoms with Crippen molar-refractivity contribution >= 4 is 0 Å². The molecule has 0 bridgehead atoms. The average molecular weight is 249 g/mol. The summed E-state index contributed by atoms with van der Waals surface area (Å²) in [5, 5.41) is 0. The smallest absolute Gasteiger partial charge is 0.119 e. The second-order valence-corrected chi connectivity index (χ2v) is 4.76. The summed E-state index contributed by atoms with van der Waals surface area (Å²) in [6.07, 6.45) is 4.34. The lowest BCUT2D eigenvalue weighted by Crippen LogP contribution is -2.17. The Hall–Kier alpha value is -1.06. The summed E-state index contributed by atoms with van der Waals surface area (Å²) in [7, 11) is 0. The fraction of sp³-hybridized carbons (Fsp3) is 0.600. The van der Waals surface area contributed by atoms with Crippen molar-refractivity contribution in [2.45, 2.75) is 38.6 Å². The Kier molecular flexibility index (Phi) is 5.02. The molecule has 0 aromatic heterocycles. The van der Waals surface area contributed by atoms with Crippen LogP contribution >= 0.6 is 0 Å². The molecule has 1 aromatic carbocycles. The molecule has 1 aromatic rings. The van der Waals surface area contributed by atoms with Crippen LogP contribution in [0.4, 0.5) is 0 Å². The van der Waals surface area contributed by atoms with Crippen LogP contribution in [0.1, 0.15) is 43.4 Å². The van der Waals surface area contributed by atoms with Gasteiger partial charge in [-0.2, -0.15) is 0 Å². The van der Waals surface area contributed by atoms with E-state index < -0.39 is 0 Å². The lowest BCUT2D eigenvalue weighted by atomic mass is 9.88. The second-order valence-electron chi connectivity index (χ2n) is 4.76. The van der Waals surface area contributed by atoms with Gasteiger partial charge in [-0.05, 0) is 49.4 Å². The van der Waals surface area contributed by atoms with E-state index in [-0.39, 0.29) is 6.04 Å². The SMILES string of the molecule is CCOCCCOc1ccc2c(c1)CCCC2N. The summed E-state index contributed by atoms with van der Waals surface area (Å²) in [6.45, 7) is 4.27. The first kappa shape index (κ1) is 13.4. The molecule has 1 aliphatic rings. The Morgan fingerprint density at radius 1 is 1.33 bits per heavy atom. The van der Waals surface area contributed by atoms with Crippen molar-refractivity contribution in [3.63, 3.8) is 0 Å². The van der Waals surface area contributed by atoms with Crippen molar-refractivity contribution in [1.82, 2.24) is 0 Å². The van der Waals surface area contributed by atoms with Gasteiger partial charge in [-0.3, -0.25) is 0 Å². The molecule has 0 heterocycles. The minimum absolute atomic E-state index is 0.209. The minimum atomic E-state index is 0.209. The number of nitrogens with two attached hydrogens (primary N) is 1. The van der Waals surface area contributed by atoms with Crippen LogP contribution in [0.25, 0.3) is 0 Å². The highest BCUT2D eigenvalue weighted by Crippen LogP contribution is 2.30. The fourth-order valence-electron chi connectivity index (χ4n) is 2.41. The van der Waals surface area contributed by atoms with Gasteiger partial charge >= 0.3 is 0 Å². The van der Waals surface area contributed by atoms with Gasteiger partial charge in [0.05, 0.1) is 6.61 Å². The lowest BCUT2D eigenvalue weighted by molar-refractivity contribution is 0.131. The van der Waals surface area contributed by atoms with Gasteiger partial charge in [0, 0.05) is 25.7 Å². The van der Waals surface area contributed by atoms with E-state index in [0.717, 1.165) is 38.2 Å². The molecule has 18 heavy (non-hydrogen) atoms. The van der Waals surface area contributed by atoms with Gasteiger partial charge < -0.3 is 15.2 Å². The molecule has 0 saturated heterocycles. The molecule has 100 valence electrons. The number of ether oxygens (including phenoxy) is 2. The van der Waals surface area contributed by atoms with Gasteiger partial charge in [-0.15, -0.1) is 0 Å². The first-order valence-corrected chi connectivity index (χ1v) is 6.90. The molecule has 3 heteroatoms. The molecule has 1 unspecified atom stereocenters. The van der Waals surface area contributed by atoms with Crippen molar-refractivity contribution in [2.24, 2.45) is 5.73 Å². The maximum absolute atomic E-state index is 6.09. The fourth-order valence-corrected chi connectivity index (χ4v) is 2.41. The van der Waals surface area contributed by atoms with E-state index in [2.05, 4.69) is 12.1 Å². The standard InChI is InChI=1S/C15H23NO2/c1-2-17-9-4-10-18-13-7-8-14-12(11-13)5-3-6-15(14)16/h7-8,11,15H,2-6,9-10,16H2,1H3. The summed E-state index contributed by atoms with van der Waals surface area (Å²) in [5.74, 6) is 0.958. The molecular weight excluding hydrogens is 226 g/mol. The molecular formula is C15H23NO2. The van der Waals surface area contributed by atoms with Gasteiger partial charge in [0.1, 0.15) is 5.75 Å². The zero-order valence-corrected chi connectivity index (χ0v) is 11.2. The van der Waals surface area contributed by atoms with Crippen molar-refractivity contribution in [1.29, 1.82) is 0 Å². The summed E-state index contributed by atoms with van der Waals surface area (Å²) in [5.41, 5.74) is 8.75. The second kappa shape index (κ2) is 6.76. The van der Waals surface area contributed by atoms with Gasteiger partial charge in [0.2, 0.25) is 0 Å². The largest absolute Gasteiger partial charge is 0.493 e. The van der Waals surface area contributed by atoms with Crippen LogP contribution in [-0.2, 0) is 11.2 Å². The summed E-state index contributed by atoms with van der Waals surface area (Å²) >= 11 is 0. The Labute approximate surface area is 109 Å². The number of hydrogen-bond donors (Lipinski definition) is 1. The molecule has 1 atom stereocenters. The summed E-state index contributed by atoms with van der Waals surface area (Å²) in [4.78, 5) is 0. The van der Waals surface area contributed by atoms with E-state index in [1.165, 1.54) is 17.5 Å². The molecule has 0 spiro atoms. The van der Waals surface area contributed by atoms with Gasteiger partial charge in [-0.25, -0.2) is 0 Å². The first-order chi connectivity index (χ1) is 8.81. The Morgan fingerprint density at radius 2 is 2.22 bits per heavy atom. The van der Waals surface area contributed by atoms with Crippen molar-refractivity contribution in [3.8, 4) is 5.75 Å². The third-order valence-electron chi connectivity index (χ3n) is 3.38. The van der Waals surface area contributed by atoms with E-state index in [1.807, 2.05) is 13.0 Å². The highest BCUT2D eigenvalue weighted by molar-refractivity contribution is 5.38. The summed E-state index contributed by atoms with van der Waals surface area (Å²) < 4.78 is 11.0. The van der Waals surface area contributed by atoms with E-state index in [1.54, 1.807) is 0 Å². The van der Waals surface area contributed by atoms with E-state index in [0.29, 0.717) is 6.61 Å². The lowest BCUT2D eigenvalue weighted by Gasteiger charge is -2.22. The molecule has 0 radical (unpaired) electrons. The topological polar surface area (TPSA) is 44.5 Å². The van der Waals surface area contributed by atoms with Crippen LogP contribution < -0.4 is 10.5 Å². The maximum Gasteiger partial charge on any atom is 0.119 e. The Morgan fingerprint density at radius 3 is 3.06 bits per heavy atom. The normalized spacial score (nSPS) is 18.4. The Balaban J connectivity index is 1.87. The van der Waals surface area contributed by atoms with Crippen LogP contribution in [0.5, 0.6) is 5.75 Å². The van der Waals surface area contributed by atoms with Gasteiger partial charge in [0.25, 0.3) is 0 Å². The molecule has 0 amide bonds. The van der Waals surface area contributed by atoms with Crippen molar-refractivity contribution in [2.75, 3.05) is 19.8 Å². The average Bonchev–Trinajstić information content (AvgIpc) is 2.39. The van der Waals surface area contributed by atoms with Crippen LogP contribution in [-0.4, -0.2) is 19.8 Å². The zero-order chi connectivity index (χ0) is 12.8. The molecule has 0 saturated carbocycles. The van der Waals surface area contributed by atoms with E-state index >= 15 is 0 Å². The highest BCUT2D eigenvalue weighted by atomic mass is 16.5. The summed E-state index contributed by atoms with van der Waals surface area (Å²) in [6, 6.07) is 6.51. The minimum Gasteiger partial charge on any atom is -0.493 e. The number of aryl methyl sites for hydroxylation is 1.